The van der Waals surface area contributed by atoms with E-state index in [9.17, 15) is 14.4 Å². The molecule has 8 nitrogen and oxygen atoms in total. The van der Waals surface area contributed by atoms with Gasteiger partial charge in [0.15, 0.2) is 0 Å². The fraction of sp³-hybridized carbons (Fsp3) is 0.190. The second-order valence-corrected chi connectivity index (χ2v) is 6.55. The molecule has 0 unspecified atom stereocenters. The van der Waals surface area contributed by atoms with Crippen LogP contribution in [0.1, 0.15) is 17.3 Å². The van der Waals surface area contributed by atoms with Crippen molar-refractivity contribution in [1.82, 2.24) is 9.88 Å². The molecule has 3 amide bonds. The molecule has 0 bridgehead atoms. The Bertz CT molecular complexity index is 1070. The van der Waals surface area contributed by atoms with Crippen molar-refractivity contribution in [2.45, 2.75) is 6.92 Å². The average molecular weight is 394 g/mol. The first-order valence-corrected chi connectivity index (χ1v) is 8.96. The fourth-order valence-electron chi connectivity index (χ4n) is 3.02. The molecule has 150 valence electrons. The molecule has 29 heavy (non-hydrogen) atoms. The molecule has 0 fully saturated rings. The lowest BCUT2D eigenvalue weighted by Gasteiger charge is -2.18. The van der Waals surface area contributed by atoms with Crippen molar-refractivity contribution in [2.24, 2.45) is 0 Å². The summed E-state index contributed by atoms with van der Waals surface area (Å²) >= 11 is 0. The summed E-state index contributed by atoms with van der Waals surface area (Å²) in [4.78, 5) is 40.9. The number of carbonyl (C=O) groups is 3. The first-order valence-electron chi connectivity index (χ1n) is 8.96. The van der Waals surface area contributed by atoms with Crippen LogP contribution in [0, 0.1) is 0 Å². The summed E-state index contributed by atoms with van der Waals surface area (Å²) in [6.07, 6.45) is 1.64. The van der Waals surface area contributed by atoms with Gasteiger partial charge in [-0.05, 0) is 24.3 Å². The van der Waals surface area contributed by atoms with E-state index in [0.717, 1.165) is 10.9 Å². The second kappa shape index (κ2) is 8.47. The van der Waals surface area contributed by atoms with Crippen LogP contribution >= 0.6 is 0 Å². The van der Waals surface area contributed by atoms with Crippen LogP contribution in [0.2, 0.25) is 0 Å². The monoisotopic (exact) mass is 394 g/mol. The van der Waals surface area contributed by atoms with Crippen LogP contribution in [0.15, 0.2) is 48.7 Å². The molecule has 3 N–H and O–H groups in total. The highest BCUT2D eigenvalue weighted by Gasteiger charge is 2.19. The molecule has 0 aliphatic heterocycles. The number of nitrogens with one attached hydrogen (secondary N) is 3. The molecular weight excluding hydrogens is 372 g/mol. The van der Waals surface area contributed by atoms with Crippen LogP contribution < -0.4 is 15.4 Å². The number of carbonyl (C=O) groups excluding carboxylic acids is 3. The number of aromatic amines is 1. The van der Waals surface area contributed by atoms with Gasteiger partial charge in [-0.1, -0.05) is 18.2 Å². The predicted octanol–water partition coefficient (Wildman–Crippen LogP) is 2.85. The number of hydrogen-bond donors (Lipinski definition) is 3. The third kappa shape index (κ3) is 4.55. The maximum Gasteiger partial charge on any atom is 0.256 e. The van der Waals surface area contributed by atoms with Gasteiger partial charge in [-0.25, -0.2) is 0 Å². The molecule has 3 aromatic rings. The Kier molecular flexibility index (Phi) is 5.82. The standard InChI is InChI=1S/C21H22N4O4/c1-13(26)23-14-8-9-19(29-3)18(10-14)24-20(27)12-25(2)21(28)16-11-22-17-7-5-4-6-15(16)17/h4-11,22H,12H2,1-3H3,(H,23,26)(H,24,27). The number of anilines is 2. The summed E-state index contributed by atoms with van der Waals surface area (Å²) < 4.78 is 5.25. The van der Waals surface area contributed by atoms with E-state index in [1.54, 1.807) is 31.4 Å². The first kappa shape index (κ1) is 19.9. The molecule has 0 radical (unpaired) electrons. The molecule has 8 heteroatoms. The molecule has 0 spiro atoms. The van der Waals surface area contributed by atoms with Crippen LogP contribution in [0.25, 0.3) is 10.9 Å². The summed E-state index contributed by atoms with van der Waals surface area (Å²) in [5.41, 5.74) is 2.28. The molecule has 0 aliphatic rings. The number of ether oxygens (including phenoxy) is 1. The van der Waals surface area contributed by atoms with E-state index in [0.29, 0.717) is 22.7 Å². The van der Waals surface area contributed by atoms with Gasteiger partial charge in [0.2, 0.25) is 11.8 Å². The fourth-order valence-corrected chi connectivity index (χ4v) is 3.02. The van der Waals surface area contributed by atoms with Gasteiger partial charge < -0.3 is 25.3 Å². The number of H-pyrrole nitrogens is 1. The smallest absolute Gasteiger partial charge is 0.256 e. The lowest BCUT2D eigenvalue weighted by atomic mass is 10.1. The van der Waals surface area contributed by atoms with Crippen LogP contribution in [0.5, 0.6) is 5.75 Å². The van der Waals surface area contributed by atoms with Crippen LogP contribution in [-0.4, -0.2) is 48.3 Å². The number of hydrogen-bond acceptors (Lipinski definition) is 4. The van der Waals surface area contributed by atoms with Crippen molar-refractivity contribution in [2.75, 3.05) is 31.3 Å². The van der Waals surface area contributed by atoms with Gasteiger partial charge in [-0.15, -0.1) is 0 Å². The molecule has 3 rings (SSSR count). The zero-order valence-corrected chi connectivity index (χ0v) is 16.4. The molecule has 1 aromatic heterocycles. The van der Waals surface area contributed by atoms with E-state index in [2.05, 4.69) is 15.6 Å². The molecule has 0 aliphatic carbocycles. The zero-order chi connectivity index (χ0) is 21.0. The minimum atomic E-state index is -0.390. The number of nitrogens with zero attached hydrogens (tertiary/aromatic N) is 1. The van der Waals surface area contributed by atoms with E-state index < -0.39 is 0 Å². The minimum absolute atomic E-state index is 0.147. The third-order valence-corrected chi connectivity index (χ3v) is 4.34. The molecule has 1 heterocycles. The van der Waals surface area contributed by atoms with Crippen molar-refractivity contribution >= 4 is 40.0 Å². The zero-order valence-electron chi connectivity index (χ0n) is 16.4. The molecule has 0 saturated carbocycles. The highest BCUT2D eigenvalue weighted by Crippen LogP contribution is 2.28. The van der Waals surface area contributed by atoms with Gasteiger partial charge in [0.25, 0.3) is 5.91 Å². The van der Waals surface area contributed by atoms with Crippen molar-refractivity contribution in [3.8, 4) is 5.75 Å². The van der Waals surface area contributed by atoms with E-state index in [4.69, 9.17) is 4.74 Å². The number of likely N-dealkylation sites (N-methyl/N-ethyl adjacent to an activating group) is 1. The summed E-state index contributed by atoms with van der Waals surface area (Å²) in [6.45, 7) is 1.25. The maximum absolute atomic E-state index is 12.8. The van der Waals surface area contributed by atoms with E-state index in [-0.39, 0.29) is 24.3 Å². The van der Waals surface area contributed by atoms with Gasteiger partial charge in [0, 0.05) is 36.8 Å². The summed E-state index contributed by atoms with van der Waals surface area (Å²) in [6, 6.07) is 12.4. The quantitative estimate of drug-likeness (QED) is 0.598. The minimum Gasteiger partial charge on any atom is -0.495 e. The van der Waals surface area contributed by atoms with Crippen molar-refractivity contribution in [3.05, 3.63) is 54.2 Å². The normalized spacial score (nSPS) is 10.4. The van der Waals surface area contributed by atoms with E-state index in [1.807, 2.05) is 24.3 Å². The Morgan fingerprint density at radius 1 is 1.10 bits per heavy atom. The number of methoxy groups -OCH3 is 1. The lowest BCUT2D eigenvalue weighted by Crippen LogP contribution is -2.34. The SMILES string of the molecule is COc1ccc(NC(C)=O)cc1NC(=O)CN(C)C(=O)c1c[nH]c2ccccc12. The lowest BCUT2D eigenvalue weighted by molar-refractivity contribution is -0.116. The average Bonchev–Trinajstić information content (AvgIpc) is 3.11. The molecular formula is C21H22N4O4. The Morgan fingerprint density at radius 2 is 1.86 bits per heavy atom. The Hall–Kier alpha value is -3.81. The highest BCUT2D eigenvalue weighted by atomic mass is 16.5. The predicted molar refractivity (Wildman–Crippen MR) is 111 cm³/mol. The van der Waals surface area contributed by atoms with Gasteiger partial charge in [0.05, 0.1) is 24.9 Å². The van der Waals surface area contributed by atoms with E-state index in [1.165, 1.54) is 18.9 Å². The number of aromatic nitrogens is 1. The van der Waals surface area contributed by atoms with Gasteiger partial charge in [-0.2, -0.15) is 0 Å². The summed E-state index contributed by atoms with van der Waals surface area (Å²) in [7, 11) is 3.05. The van der Waals surface area contributed by atoms with Crippen LogP contribution in [-0.2, 0) is 9.59 Å². The van der Waals surface area contributed by atoms with Gasteiger partial charge >= 0.3 is 0 Å². The molecule has 0 saturated heterocycles. The van der Waals surface area contributed by atoms with Crippen molar-refractivity contribution in [3.63, 3.8) is 0 Å². The van der Waals surface area contributed by atoms with E-state index >= 15 is 0 Å². The summed E-state index contributed by atoms with van der Waals surface area (Å²) in [5, 5.41) is 6.18. The first-order chi connectivity index (χ1) is 13.9. The van der Waals surface area contributed by atoms with Gasteiger partial charge in [-0.3, -0.25) is 14.4 Å². The van der Waals surface area contributed by atoms with Crippen molar-refractivity contribution < 1.29 is 19.1 Å². The second-order valence-electron chi connectivity index (χ2n) is 6.55. The van der Waals surface area contributed by atoms with Gasteiger partial charge in [0.1, 0.15) is 5.75 Å². The number of benzene rings is 2. The topological polar surface area (TPSA) is 104 Å². The third-order valence-electron chi connectivity index (χ3n) is 4.34. The van der Waals surface area contributed by atoms with Crippen LogP contribution in [0.4, 0.5) is 11.4 Å². The number of fused-ring (bicyclic) bond motifs is 1. The largest absolute Gasteiger partial charge is 0.495 e. The highest BCUT2D eigenvalue weighted by molar-refractivity contribution is 6.08. The van der Waals surface area contributed by atoms with Crippen molar-refractivity contribution in [1.29, 1.82) is 0 Å². The molecule has 0 atom stereocenters. The number of para-hydroxylation sites is 1. The van der Waals surface area contributed by atoms with Crippen LogP contribution in [0.3, 0.4) is 0 Å². The Morgan fingerprint density at radius 3 is 2.59 bits per heavy atom. The maximum atomic E-state index is 12.8. The number of amides is 3. The Labute approximate surface area is 167 Å². The number of rotatable bonds is 6. The summed E-state index contributed by atoms with van der Waals surface area (Å²) in [5.74, 6) is -0.440. The molecule has 2 aromatic carbocycles. The Balaban J connectivity index is 1.71.